The molecule has 1 aliphatic carbocycles. The molecule has 22 heavy (non-hydrogen) atoms. The van der Waals surface area contributed by atoms with Gasteiger partial charge in [-0.2, -0.15) is 0 Å². The lowest BCUT2D eigenvalue weighted by molar-refractivity contribution is -0.120. The summed E-state index contributed by atoms with van der Waals surface area (Å²) in [5.74, 6) is -0.622. The Balaban J connectivity index is 2.02. The molecule has 0 saturated heterocycles. The third-order valence-electron chi connectivity index (χ3n) is 3.69. The summed E-state index contributed by atoms with van der Waals surface area (Å²) < 4.78 is 25.5. The van der Waals surface area contributed by atoms with Crippen molar-refractivity contribution < 1.29 is 18.0 Å². The highest BCUT2D eigenvalue weighted by Gasteiger charge is 2.21. The number of carbonyl (C=O) groups is 2. The van der Waals surface area contributed by atoms with Crippen LogP contribution in [-0.4, -0.2) is 20.2 Å². The van der Waals surface area contributed by atoms with E-state index in [4.69, 9.17) is 0 Å². The Hall–Kier alpha value is -1.89. The van der Waals surface area contributed by atoms with E-state index in [1.54, 1.807) is 0 Å². The summed E-state index contributed by atoms with van der Waals surface area (Å²) in [5.41, 5.74) is 0.553. The van der Waals surface area contributed by atoms with Crippen LogP contribution in [0.1, 0.15) is 39.0 Å². The van der Waals surface area contributed by atoms with Crippen molar-refractivity contribution in [1.82, 2.24) is 4.72 Å². The summed E-state index contributed by atoms with van der Waals surface area (Å²) in [4.78, 5) is 23.0. The van der Waals surface area contributed by atoms with Crippen molar-refractivity contribution in [1.29, 1.82) is 0 Å². The molecule has 6 nitrogen and oxygen atoms in total. The minimum absolute atomic E-state index is 0.0154. The molecule has 1 aromatic carbocycles. The van der Waals surface area contributed by atoms with Crippen LogP contribution in [-0.2, 0) is 19.6 Å². The Morgan fingerprint density at radius 1 is 1.05 bits per heavy atom. The van der Waals surface area contributed by atoms with Gasteiger partial charge in [0.05, 0.1) is 4.90 Å². The molecular weight excluding hydrogens is 304 g/mol. The molecule has 0 radical (unpaired) electrons. The summed E-state index contributed by atoms with van der Waals surface area (Å²) in [7, 11) is -3.84. The largest absolute Gasteiger partial charge is 0.326 e. The van der Waals surface area contributed by atoms with Crippen LogP contribution in [0.15, 0.2) is 29.2 Å². The first kappa shape index (κ1) is 16.5. The van der Waals surface area contributed by atoms with Gasteiger partial charge in [-0.1, -0.05) is 19.3 Å². The molecule has 2 amide bonds. The Morgan fingerprint density at radius 2 is 1.64 bits per heavy atom. The lowest BCUT2D eigenvalue weighted by Gasteiger charge is -2.20. The molecule has 120 valence electrons. The molecular formula is C15H20N2O4S. The van der Waals surface area contributed by atoms with E-state index in [1.165, 1.54) is 30.7 Å². The third-order valence-corrected chi connectivity index (χ3v) is 5.14. The average molecular weight is 324 g/mol. The van der Waals surface area contributed by atoms with Crippen LogP contribution in [0.3, 0.4) is 0 Å². The van der Waals surface area contributed by atoms with Gasteiger partial charge in [0, 0.05) is 18.5 Å². The van der Waals surface area contributed by atoms with Crippen LogP contribution in [0, 0.1) is 5.92 Å². The van der Waals surface area contributed by atoms with E-state index in [9.17, 15) is 18.0 Å². The highest BCUT2D eigenvalue weighted by molar-refractivity contribution is 7.90. The SMILES string of the molecule is CC(=O)NS(=O)(=O)c1ccc(NC(=O)C2CCCCC2)cc1. The van der Waals surface area contributed by atoms with E-state index in [-0.39, 0.29) is 16.7 Å². The normalized spacial score (nSPS) is 16.0. The number of carbonyl (C=O) groups excluding carboxylic acids is 2. The Kier molecular flexibility index (Phi) is 5.18. The number of benzene rings is 1. The number of rotatable bonds is 4. The second-order valence-electron chi connectivity index (χ2n) is 5.51. The molecule has 2 rings (SSSR count). The fraction of sp³-hybridized carbons (Fsp3) is 0.467. The van der Waals surface area contributed by atoms with Gasteiger partial charge in [-0.15, -0.1) is 0 Å². The van der Waals surface area contributed by atoms with Gasteiger partial charge in [0.25, 0.3) is 10.0 Å². The Labute approximate surface area is 130 Å². The van der Waals surface area contributed by atoms with E-state index in [0.29, 0.717) is 5.69 Å². The first-order valence-corrected chi connectivity index (χ1v) is 8.81. The van der Waals surface area contributed by atoms with Gasteiger partial charge in [0.15, 0.2) is 0 Å². The maximum atomic E-state index is 12.1. The smallest absolute Gasteiger partial charge is 0.264 e. The second kappa shape index (κ2) is 6.91. The van der Waals surface area contributed by atoms with Gasteiger partial charge in [0.2, 0.25) is 11.8 Å². The number of nitrogens with one attached hydrogen (secondary N) is 2. The van der Waals surface area contributed by atoms with Gasteiger partial charge in [-0.3, -0.25) is 9.59 Å². The highest BCUT2D eigenvalue weighted by Crippen LogP contribution is 2.25. The summed E-state index contributed by atoms with van der Waals surface area (Å²) in [6.45, 7) is 1.14. The van der Waals surface area contributed by atoms with Gasteiger partial charge in [-0.25, -0.2) is 13.1 Å². The van der Waals surface area contributed by atoms with Crippen molar-refractivity contribution >= 4 is 27.5 Å². The molecule has 1 fully saturated rings. The number of hydrogen-bond donors (Lipinski definition) is 2. The highest BCUT2D eigenvalue weighted by atomic mass is 32.2. The molecule has 1 aliphatic rings. The fourth-order valence-corrected chi connectivity index (χ4v) is 3.57. The van der Waals surface area contributed by atoms with Crippen LogP contribution in [0.25, 0.3) is 0 Å². The zero-order valence-corrected chi connectivity index (χ0v) is 13.3. The van der Waals surface area contributed by atoms with Gasteiger partial charge >= 0.3 is 0 Å². The van der Waals surface area contributed by atoms with E-state index in [2.05, 4.69) is 5.32 Å². The molecule has 0 aliphatic heterocycles. The van der Waals surface area contributed by atoms with Crippen molar-refractivity contribution in [2.24, 2.45) is 5.92 Å². The summed E-state index contributed by atoms with van der Waals surface area (Å²) in [5, 5.41) is 2.81. The van der Waals surface area contributed by atoms with Crippen LogP contribution in [0.5, 0.6) is 0 Å². The number of anilines is 1. The Bertz CT molecular complexity index is 647. The zero-order chi connectivity index (χ0) is 16.2. The van der Waals surface area contributed by atoms with E-state index >= 15 is 0 Å². The molecule has 2 N–H and O–H groups in total. The van der Waals surface area contributed by atoms with Gasteiger partial charge < -0.3 is 5.32 Å². The van der Waals surface area contributed by atoms with Crippen molar-refractivity contribution in [2.45, 2.75) is 43.9 Å². The monoisotopic (exact) mass is 324 g/mol. The molecule has 0 heterocycles. The predicted octanol–water partition coefficient (Wildman–Crippen LogP) is 2.03. The van der Waals surface area contributed by atoms with Crippen molar-refractivity contribution in [3.8, 4) is 0 Å². The maximum absolute atomic E-state index is 12.1. The van der Waals surface area contributed by atoms with Gasteiger partial charge in [-0.05, 0) is 37.1 Å². The second-order valence-corrected chi connectivity index (χ2v) is 7.19. The van der Waals surface area contributed by atoms with Crippen LogP contribution in [0.2, 0.25) is 0 Å². The van der Waals surface area contributed by atoms with Gasteiger partial charge in [0.1, 0.15) is 0 Å². The topological polar surface area (TPSA) is 92.3 Å². The van der Waals surface area contributed by atoms with Crippen molar-refractivity contribution in [3.63, 3.8) is 0 Å². The van der Waals surface area contributed by atoms with Crippen LogP contribution < -0.4 is 10.0 Å². The van der Waals surface area contributed by atoms with E-state index in [1.807, 2.05) is 4.72 Å². The molecule has 0 spiro atoms. The zero-order valence-electron chi connectivity index (χ0n) is 12.5. The number of hydrogen-bond acceptors (Lipinski definition) is 4. The third kappa shape index (κ3) is 4.30. The molecule has 1 aromatic rings. The fourth-order valence-electron chi connectivity index (χ4n) is 2.57. The molecule has 1 saturated carbocycles. The van der Waals surface area contributed by atoms with Crippen LogP contribution >= 0.6 is 0 Å². The molecule has 0 atom stereocenters. The quantitative estimate of drug-likeness (QED) is 0.886. The molecule has 7 heteroatoms. The predicted molar refractivity (Wildman–Crippen MR) is 82.6 cm³/mol. The standard InChI is InChI=1S/C15H20N2O4S/c1-11(18)17-22(20,21)14-9-7-13(8-10-14)16-15(19)12-5-3-2-4-6-12/h7-10,12H,2-6H2,1H3,(H,16,19)(H,17,18). The van der Waals surface area contributed by atoms with E-state index in [0.717, 1.165) is 32.6 Å². The minimum atomic E-state index is -3.84. The van der Waals surface area contributed by atoms with E-state index < -0.39 is 15.9 Å². The average Bonchev–Trinajstić information content (AvgIpc) is 2.47. The first-order chi connectivity index (χ1) is 10.4. The minimum Gasteiger partial charge on any atom is -0.326 e. The number of amides is 2. The molecule has 0 aromatic heterocycles. The maximum Gasteiger partial charge on any atom is 0.264 e. The van der Waals surface area contributed by atoms with Crippen molar-refractivity contribution in [2.75, 3.05) is 5.32 Å². The summed E-state index contributed by atoms with van der Waals surface area (Å²) in [6.07, 6.45) is 5.14. The Morgan fingerprint density at radius 3 is 2.18 bits per heavy atom. The first-order valence-electron chi connectivity index (χ1n) is 7.33. The molecule has 0 bridgehead atoms. The lowest BCUT2D eigenvalue weighted by atomic mass is 9.88. The number of sulfonamides is 1. The van der Waals surface area contributed by atoms with Crippen LogP contribution in [0.4, 0.5) is 5.69 Å². The van der Waals surface area contributed by atoms with Crippen molar-refractivity contribution in [3.05, 3.63) is 24.3 Å². The lowest BCUT2D eigenvalue weighted by Crippen LogP contribution is -2.28. The summed E-state index contributed by atoms with van der Waals surface area (Å²) in [6, 6.07) is 5.77. The molecule has 0 unspecified atom stereocenters. The summed E-state index contributed by atoms with van der Waals surface area (Å²) >= 11 is 0.